The summed E-state index contributed by atoms with van der Waals surface area (Å²) in [5.74, 6) is 1.78. The number of benzene rings is 1. The first-order chi connectivity index (χ1) is 14.5. The lowest BCUT2D eigenvalue weighted by Gasteiger charge is -2.19. The summed E-state index contributed by atoms with van der Waals surface area (Å²) in [6.45, 7) is 14.6. The summed E-state index contributed by atoms with van der Waals surface area (Å²) in [6.07, 6.45) is 13.4. The molecule has 0 fully saturated rings. The highest BCUT2D eigenvalue weighted by atomic mass is 16.5. The van der Waals surface area contributed by atoms with Crippen LogP contribution in [0.15, 0.2) is 30.3 Å². The smallest absolute Gasteiger partial charge is 0.217 e. The predicted octanol–water partition coefficient (Wildman–Crippen LogP) is 4.54. The Morgan fingerprint density at radius 2 is 1.33 bits per heavy atom. The van der Waals surface area contributed by atoms with Crippen molar-refractivity contribution in [1.82, 2.24) is 0 Å². The lowest BCUT2D eigenvalue weighted by Crippen LogP contribution is -2.84. The molecule has 0 unspecified atom stereocenters. The Kier molecular flexibility index (Phi) is 20.8. The zero-order valence-electron chi connectivity index (χ0n) is 20.7. The molecule has 0 atom stereocenters. The third-order valence-corrected chi connectivity index (χ3v) is 5.22. The Bertz CT molecular complexity index is 438. The van der Waals surface area contributed by atoms with E-state index in [0.717, 1.165) is 24.7 Å². The Morgan fingerprint density at radius 3 is 1.80 bits per heavy atom. The standard InChI is InChI=1S/C16H35N.C10H14BO2/c1-15(2)11-7-5-9-13-17-14-10-6-8-12-16(3)4;1-2-3-9-13-11(12)10-7-5-4-6-8-10/h15-17H,5-14H2,1-4H3;4-8H,2-3,9H2,1H3/q;-1/p+1. The molecule has 0 spiro atoms. The maximum Gasteiger partial charge on any atom is 0.217 e. The Balaban J connectivity index is 0.000000579. The van der Waals surface area contributed by atoms with Crippen molar-refractivity contribution in [2.24, 2.45) is 11.8 Å². The molecule has 0 aliphatic rings. The Hall–Kier alpha value is -0.835. The number of rotatable bonds is 17. The average molecular weight is 420 g/mol. The van der Waals surface area contributed by atoms with Crippen LogP contribution in [-0.4, -0.2) is 26.8 Å². The molecule has 4 heteroatoms. The number of quaternary nitrogens is 1. The van der Waals surface area contributed by atoms with Gasteiger partial charge in [0.05, 0.1) is 13.1 Å². The fourth-order valence-electron chi connectivity index (χ4n) is 3.22. The van der Waals surface area contributed by atoms with Gasteiger partial charge in [-0.25, -0.2) is 0 Å². The van der Waals surface area contributed by atoms with Crippen LogP contribution in [0.4, 0.5) is 0 Å². The minimum atomic E-state index is -1.02. The van der Waals surface area contributed by atoms with Crippen LogP contribution in [0.25, 0.3) is 0 Å². The summed E-state index contributed by atoms with van der Waals surface area (Å²) in [5.41, 5.74) is 0.707. The Morgan fingerprint density at radius 1 is 0.800 bits per heavy atom. The molecule has 0 radical (unpaired) electrons. The molecule has 0 aliphatic carbocycles. The van der Waals surface area contributed by atoms with Crippen LogP contribution >= 0.6 is 0 Å². The maximum absolute atomic E-state index is 11.4. The molecule has 0 heterocycles. The van der Waals surface area contributed by atoms with E-state index in [9.17, 15) is 5.02 Å². The zero-order valence-corrected chi connectivity index (χ0v) is 20.7. The summed E-state index contributed by atoms with van der Waals surface area (Å²) in [7, 11) is -1.02. The van der Waals surface area contributed by atoms with Crippen molar-refractivity contribution in [3.63, 3.8) is 0 Å². The maximum atomic E-state index is 11.4. The SMILES string of the molecule is CC(C)CCCCC[NH2+]CCCCCC(C)C.CCCCOB([O-])c1ccccc1. The van der Waals surface area contributed by atoms with Crippen molar-refractivity contribution < 1.29 is 15.0 Å². The zero-order chi connectivity index (χ0) is 22.5. The van der Waals surface area contributed by atoms with Gasteiger partial charge >= 0.3 is 0 Å². The summed E-state index contributed by atoms with van der Waals surface area (Å²) < 4.78 is 5.11. The molecule has 174 valence electrons. The normalized spacial score (nSPS) is 10.9. The van der Waals surface area contributed by atoms with Gasteiger partial charge in [-0.05, 0) is 43.9 Å². The van der Waals surface area contributed by atoms with Crippen LogP contribution in [0.3, 0.4) is 0 Å². The van der Waals surface area contributed by atoms with Crippen molar-refractivity contribution in [1.29, 1.82) is 0 Å². The molecule has 0 saturated heterocycles. The van der Waals surface area contributed by atoms with Gasteiger partial charge in [0.2, 0.25) is 7.12 Å². The fraction of sp³-hybridized carbons (Fsp3) is 0.769. The molecule has 1 rings (SSSR count). The van der Waals surface area contributed by atoms with E-state index >= 15 is 0 Å². The molecule has 0 amide bonds. The first kappa shape index (κ1) is 29.2. The summed E-state index contributed by atoms with van der Waals surface area (Å²) in [5, 5.41) is 13.9. The first-order valence-corrected chi connectivity index (χ1v) is 12.6. The first-order valence-electron chi connectivity index (χ1n) is 12.6. The molecule has 0 aromatic heterocycles. The van der Waals surface area contributed by atoms with E-state index < -0.39 is 7.12 Å². The van der Waals surface area contributed by atoms with Crippen LogP contribution in [0.2, 0.25) is 0 Å². The van der Waals surface area contributed by atoms with Crippen molar-refractivity contribution >= 4 is 12.6 Å². The second kappa shape index (κ2) is 21.4. The number of nitrogens with two attached hydrogens (primary N) is 1. The van der Waals surface area contributed by atoms with Gasteiger partial charge in [0.25, 0.3) is 0 Å². The van der Waals surface area contributed by atoms with Gasteiger partial charge < -0.3 is 15.0 Å². The van der Waals surface area contributed by atoms with Gasteiger partial charge in [0.1, 0.15) is 0 Å². The van der Waals surface area contributed by atoms with E-state index in [1.807, 2.05) is 18.2 Å². The van der Waals surface area contributed by atoms with Crippen LogP contribution in [-0.2, 0) is 4.65 Å². The average Bonchev–Trinajstić information content (AvgIpc) is 2.73. The van der Waals surface area contributed by atoms with Crippen molar-refractivity contribution in [3.05, 3.63) is 30.3 Å². The van der Waals surface area contributed by atoms with Gasteiger partial charge in [-0.1, -0.05) is 103 Å². The minimum Gasteiger partial charge on any atom is -0.853 e. The van der Waals surface area contributed by atoms with Crippen molar-refractivity contribution in [3.8, 4) is 0 Å². The van der Waals surface area contributed by atoms with E-state index in [4.69, 9.17) is 4.65 Å². The van der Waals surface area contributed by atoms with E-state index in [-0.39, 0.29) is 0 Å². The summed E-state index contributed by atoms with van der Waals surface area (Å²) >= 11 is 0. The third-order valence-electron chi connectivity index (χ3n) is 5.22. The van der Waals surface area contributed by atoms with E-state index in [1.54, 1.807) is 12.1 Å². The van der Waals surface area contributed by atoms with Crippen molar-refractivity contribution in [2.75, 3.05) is 19.7 Å². The van der Waals surface area contributed by atoms with Gasteiger partial charge in [-0.3, -0.25) is 0 Å². The summed E-state index contributed by atoms with van der Waals surface area (Å²) in [4.78, 5) is 0. The molecule has 0 aliphatic heterocycles. The van der Waals surface area contributed by atoms with E-state index in [1.165, 1.54) is 64.5 Å². The fourth-order valence-corrected chi connectivity index (χ4v) is 3.22. The number of hydrogen-bond acceptors (Lipinski definition) is 2. The number of unbranched alkanes of at least 4 members (excludes halogenated alkanes) is 5. The largest absolute Gasteiger partial charge is 0.853 e. The molecule has 2 N–H and O–H groups in total. The molecule has 0 saturated carbocycles. The quantitative estimate of drug-likeness (QED) is 0.298. The topological polar surface area (TPSA) is 48.9 Å². The van der Waals surface area contributed by atoms with Crippen molar-refractivity contribution in [2.45, 2.75) is 98.8 Å². The molecule has 1 aromatic rings. The molecular formula is C26H50BNO2. The van der Waals surface area contributed by atoms with Gasteiger partial charge in [0.15, 0.2) is 0 Å². The van der Waals surface area contributed by atoms with E-state index in [2.05, 4.69) is 39.9 Å². The number of hydrogen-bond donors (Lipinski definition) is 1. The molecule has 30 heavy (non-hydrogen) atoms. The third kappa shape index (κ3) is 20.4. The highest BCUT2D eigenvalue weighted by Crippen LogP contribution is 2.07. The van der Waals surface area contributed by atoms with Crippen LogP contribution in [0.5, 0.6) is 0 Å². The second-order valence-electron chi connectivity index (χ2n) is 9.32. The van der Waals surface area contributed by atoms with Gasteiger partial charge in [0, 0.05) is 6.61 Å². The van der Waals surface area contributed by atoms with Crippen LogP contribution in [0.1, 0.15) is 98.8 Å². The molecular weight excluding hydrogens is 369 g/mol. The lowest BCUT2D eigenvalue weighted by molar-refractivity contribution is -0.655. The predicted molar refractivity (Wildman–Crippen MR) is 131 cm³/mol. The monoisotopic (exact) mass is 419 g/mol. The van der Waals surface area contributed by atoms with Crippen LogP contribution < -0.4 is 15.8 Å². The van der Waals surface area contributed by atoms with Gasteiger partial charge in [-0.15, -0.1) is 0 Å². The van der Waals surface area contributed by atoms with Crippen LogP contribution in [0, 0.1) is 11.8 Å². The minimum absolute atomic E-state index is 0.555. The second-order valence-corrected chi connectivity index (χ2v) is 9.32. The summed E-state index contributed by atoms with van der Waals surface area (Å²) in [6, 6.07) is 9.18. The Labute approximate surface area is 188 Å². The lowest BCUT2D eigenvalue weighted by atomic mass is 9.80. The highest BCUT2D eigenvalue weighted by Gasteiger charge is 2.01. The molecule has 3 nitrogen and oxygen atoms in total. The molecule has 0 bridgehead atoms. The van der Waals surface area contributed by atoms with E-state index in [0.29, 0.717) is 12.1 Å². The molecule has 1 aromatic carbocycles. The highest BCUT2D eigenvalue weighted by molar-refractivity contribution is 6.58. The van der Waals surface area contributed by atoms with Gasteiger partial charge in [-0.2, -0.15) is 0 Å².